The van der Waals surface area contributed by atoms with E-state index in [1.165, 1.54) is 12.4 Å². The molecule has 0 bridgehead atoms. The molecule has 3 nitrogen and oxygen atoms in total. The molecule has 0 aliphatic rings. The molecule has 1 aromatic heterocycles. The molecule has 0 spiro atoms. The van der Waals surface area contributed by atoms with Crippen LogP contribution in [-0.2, 0) is 0 Å². The van der Waals surface area contributed by atoms with Crippen LogP contribution in [0.1, 0.15) is 0 Å². The average Bonchev–Trinajstić information content (AvgIpc) is 2.25. The van der Waals surface area contributed by atoms with E-state index in [1.807, 2.05) is 0 Å². The van der Waals surface area contributed by atoms with E-state index < -0.39 is 0 Å². The fourth-order valence-electron chi connectivity index (χ4n) is 0.992. The van der Waals surface area contributed by atoms with Crippen molar-refractivity contribution < 1.29 is 4.74 Å². The minimum atomic E-state index is 0.193. The lowest BCUT2D eigenvalue weighted by Crippen LogP contribution is -1.87. The van der Waals surface area contributed by atoms with Gasteiger partial charge in [0.15, 0.2) is 5.75 Å². The second-order valence-corrected chi connectivity index (χ2v) is 3.52. The molecular weight excluding hydrogens is 235 g/mol. The zero-order chi connectivity index (χ0) is 10.7. The zero-order valence-corrected chi connectivity index (χ0v) is 9.03. The van der Waals surface area contributed by atoms with Crippen molar-refractivity contribution in [3.05, 3.63) is 47.0 Å². The molecule has 0 aliphatic carbocycles. The smallest absolute Gasteiger partial charge is 0.222 e. The van der Waals surface area contributed by atoms with Crippen molar-refractivity contribution in [1.82, 2.24) is 9.97 Å². The largest absolute Gasteiger partial charge is 0.454 e. The van der Waals surface area contributed by atoms with Crippen molar-refractivity contribution >= 4 is 23.2 Å². The summed E-state index contributed by atoms with van der Waals surface area (Å²) in [5, 5.41) is 0.855. The van der Waals surface area contributed by atoms with Crippen molar-refractivity contribution in [2.45, 2.75) is 0 Å². The molecule has 0 aliphatic heterocycles. The van der Waals surface area contributed by atoms with Crippen LogP contribution in [0.25, 0.3) is 0 Å². The molecule has 1 aromatic carbocycles. The maximum Gasteiger partial charge on any atom is 0.222 e. The van der Waals surface area contributed by atoms with E-state index in [0.29, 0.717) is 16.5 Å². The molecule has 15 heavy (non-hydrogen) atoms. The van der Waals surface area contributed by atoms with E-state index >= 15 is 0 Å². The van der Waals surface area contributed by atoms with Gasteiger partial charge in [-0.3, -0.25) is 0 Å². The highest BCUT2D eigenvalue weighted by Gasteiger charge is 1.98. The molecule has 2 aromatic rings. The Balaban J connectivity index is 2.15. The van der Waals surface area contributed by atoms with E-state index in [0.717, 1.165) is 0 Å². The lowest BCUT2D eigenvalue weighted by molar-refractivity contribution is 0.477. The standard InChI is InChI=1S/C10H6Cl2N2O/c11-7-1-3-8(4-2-7)15-9-5-13-10(12)14-6-9/h1-6H. The van der Waals surface area contributed by atoms with Gasteiger partial charge >= 0.3 is 0 Å². The third-order valence-electron chi connectivity index (χ3n) is 1.65. The van der Waals surface area contributed by atoms with Gasteiger partial charge in [0, 0.05) is 5.02 Å². The quantitative estimate of drug-likeness (QED) is 0.753. The highest BCUT2D eigenvalue weighted by molar-refractivity contribution is 6.30. The fourth-order valence-corrected chi connectivity index (χ4v) is 1.22. The molecule has 0 saturated heterocycles. The Morgan fingerprint density at radius 2 is 1.47 bits per heavy atom. The molecule has 2 rings (SSSR count). The number of halogens is 2. The third kappa shape index (κ3) is 2.81. The van der Waals surface area contributed by atoms with E-state index in [9.17, 15) is 0 Å². The SMILES string of the molecule is Clc1ccc(Oc2cnc(Cl)nc2)cc1. The van der Waals surface area contributed by atoms with Crippen LogP contribution in [0.2, 0.25) is 10.3 Å². The number of hydrogen-bond acceptors (Lipinski definition) is 3. The van der Waals surface area contributed by atoms with Crippen LogP contribution >= 0.6 is 23.2 Å². The Kier molecular flexibility index (Phi) is 3.04. The van der Waals surface area contributed by atoms with E-state index in [-0.39, 0.29) is 5.28 Å². The Morgan fingerprint density at radius 1 is 0.867 bits per heavy atom. The highest BCUT2D eigenvalue weighted by Crippen LogP contribution is 2.21. The van der Waals surface area contributed by atoms with Crippen LogP contribution in [0.3, 0.4) is 0 Å². The van der Waals surface area contributed by atoms with E-state index in [2.05, 4.69) is 9.97 Å². The molecule has 0 atom stereocenters. The normalized spacial score (nSPS) is 10.0. The van der Waals surface area contributed by atoms with Crippen molar-refractivity contribution in [3.8, 4) is 11.5 Å². The summed E-state index contributed by atoms with van der Waals surface area (Å²) >= 11 is 11.3. The number of benzene rings is 1. The summed E-state index contributed by atoms with van der Waals surface area (Å²) in [6.45, 7) is 0. The first-order chi connectivity index (χ1) is 7.24. The van der Waals surface area contributed by atoms with Gasteiger partial charge < -0.3 is 4.74 Å². The lowest BCUT2D eigenvalue weighted by Gasteiger charge is -2.03. The maximum atomic E-state index is 5.74. The van der Waals surface area contributed by atoms with Gasteiger partial charge in [-0.2, -0.15) is 0 Å². The van der Waals surface area contributed by atoms with Gasteiger partial charge in [0.1, 0.15) is 5.75 Å². The molecule has 5 heteroatoms. The van der Waals surface area contributed by atoms with Gasteiger partial charge in [-0.1, -0.05) is 11.6 Å². The molecule has 0 N–H and O–H groups in total. The number of ether oxygens (including phenoxy) is 1. The van der Waals surface area contributed by atoms with Crippen molar-refractivity contribution in [2.75, 3.05) is 0 Å². The summed E-state index contributed by atoms with van der Waals surface area (Å²) in [6, 6.07) is 7.01. The number of hydrogen-bond donors (Lipinski definition) is 0. The Labute approximate surface area is 96.6 Å². The monoisotopic (exact) mass is 240 g/mol. The maximum absolute atomic E-state index is 5.74. The molecule has 0 saturated carbocycles. The molecule has 0 unspecified atom stereocenters. The van der Waals surface area contributed by atoms with E-state index in [4.69, 9.17) is 27.9 Å². The first kappa shape index (κ1) is 10.2. The van der Waals surface area contributed by atoms with Gasteiger partial charge in [0.2, 0.25) is 5.28 Å². The minimum Gasteiger partial charge on any atom is -0.454 e. The second kappa shape index (κ2) is 4.47. The summed E-state index contributed by atoms with van der Waals surface area (Å²) < 4.78 is 5.45. The van der Waals surface area contributed by atoms with Gasteiger partial charge in [0.25, 0.3) is 0 Å². The molecular formula is C10H6Cl2N2O. The van der Waals surface area contributed by atoms with Gasteiger partial charge in [0.05, 0.1) is 12.4 Å². The lowest BCUT2D eigenvalue weighted by atomic mass is 10.3. The summed E-state index contributed by atoms with van der Waals surface area (Å²) in [5.74, 6) is 1.20. The Hall–Kier alpha value is -1.32. The summed E-state index contributed by atoms with van der Waals surface area (Å²) in [5.41, 5.74) is 0. The zero-order valence-electron chi connectivity index (χ0n) is 7.52. The van der Waals surface area contributed by atoms with Gasteiger partial charge in [-0.15, -0.1) is 0 Å². The van der Waals surface area contributed by atoms with Crippen LogP contribution in [0.15, 0.2) is 36.7 Å². The minimum absolute atomic E-state index is 0.193. The predicted octanol–water partition coefficient (Wildman–Crippen LogP) is 3.58. The molecule has 0 amide bonds. The molecule has 1 heterocycles. The van der Waals surface area contributed by atoms with Crippen LogP contribution in [0, 0.1) is 0 Å². The first-order valence-electron chi connectivity index (χ1n) is 4.15. The van der Waals surface area contributed by atoms with Crippen molar-refractivity contribution in [3.63, 3.8) is 0 Å². The van der Waals surface area contributed by atoms with E-state index in [1.54, 1.807) is 24.3 Å². The van der Waals surface area contributed by atoms with Crippen molar-refractivity contribution in [1.29, 1.82) is 0 Å². The number of aromatic nitrogens is 2. The number of nitrogens with zero attached hydrogens (tertiary/aromatic N) is 2. The predicted molar refractivity (Wildman–Crippen MR) is 58.6 cm³/mol. The fraction of sp³-hybridized carbons (Fsp3) is 0. The molecule has 0 radical (unpaired) electrons. The van der Waals surface area contributed by atoms with Crippen molar-refractivity contribution in [2.24, 2.45) is 0 Å². The second-order valence-electron chi connectivity index (χ2n) is 2.74. The summed E-state index contributed by atoms with van der Waals surface area (Å²) in [6.07, 6.45) is 3.01. The first-order valence-corrected chi connectivity index (χ1v) is 4.90. The third-order valence-corrected chi connectivity index (χ3v) is 2.09. The van der Waals surface area contributed by atoms with Crippen LogP contribution in [-0.4, -0.2) is 9.97 Å². The van der Waals surface area contributed by atoms with Crippen LogP contribution < -0.4 is 4.74 Å². The Morgan fingerprint density at radius 3 is 2.07 bits per heavy atom. The molecule has 76 valence electrons. The summed E-state index contributed by atoms with van der Waals surface area (Å²) in [4.78, 5) is 7.59. The number of rotatable bonds is 2. The van der Waals surface area contributed by atoms with Crippen LogP contribution in [0.5, 0.6) is 11.5 Å². The highest BCUT2D eigenvalue weighted by atomic mass is 35.5. The topological polar surface area (TPSA) is 35.0 Å². The van der Waals surface area contributed by atoms with Gasteiger partial charge in [-0.25, -0.2) is 9.97 Å². The van der Waals surface area contributed by atoms with Gasteiger partial charge in [-0.05, 0) is 35.9 Å². The summed E-state index contributed by atoms with van der Waals surface area (Å²) in [7, 11) is 0. The van der Waals surface area contributed by atoms with Crippen LogP contribution in [0.4, 0.5) is 0 Å². The average molecular weight is 241 g/mol. The molecule has 0 fully saturated rings. The Bertz CT molecular complexity index is 398.